The van der Waals surface area contributed by atoms with Gasteiger partial charge in [-0.25, -0.2) is 0 Å². The summed E-state index contributed by atoms with van der Waals surface area (Å²) in [7, 11) is 3.10. The van der Waals surface area contributed by atoms with Crippen molar-refractivity contribution < 1.29 is 24.1 Å². The van der Waals surface area contributed by atoms with Gasteiger partial charge in [0.15, 0.2) is 11.5 Å². The minimum Gasteiger partial charge on any atom is -0.497 e. The molecule has 1 N–H and O–H groups in total. The molecule has 0 saturated carbocycles. The normalized spacial score (nSPS) is 11.7. The van der Waals surface area contributed by atoms with Crippen LogP contribution in [0.2, 0.25) is 5.02 Å². The number of rotatable bonds is 9. The Balaban J connectivity index is 2.30. The summed E-state index contributed by atoms with van der Waals surface area (Å²) in [5.74, 6) is 0.0524. The predicted octanol–water partition coefficient (Wildman–Crippen LogP) is 4.56. The van der Waals surface area contributed by atoms with Crippen molar-refractivity contribution in [2.75, 3.05) is 20.8 Å². The van der Waals surface area contributed by atoms with Gasteiger partial charge in [0, 0.05) is 0 Å². The summed E-state index contributed by atoms with van der Waals surface area (Å²) in [6, 6.07) is 10.5. The fourth-order valence-corrected chi connectivity index (χ4v) is 2.94. The van der Waals surface area contributed by atoms with E-state index in [-0.39, 0.29) is 6.42 Å². The first-order valence-corrected chi connectivity index (χ1v) is 8.73. The molecule has 0 aromatic heterocycles. The molecule has 0 radical (unpaired) electrons. The first-order chi connectivity index (χ1) is 12.5. The van der Waals surface area contributed by atoms with Gasteiger partial charge in [0.25, 0.3) is 0 Å². The smallest absolute Gasteiger partial charge is 0.311 e. The molecule has 1 unspecified atom stereocenters. The van der Waals surface area contributed by atoms with E-state index in [1.807, 2.05) is 6.92 Å². The Kier molecular flexibility index (Phi) is 7.16. The second-order valence-electron chi connectivity index (χ2n) is 5.83. The largest absolute Gasteiger partial charge is 0.497 e. The quantitative estimate of drug-likeness (QED) is 0.693. The second kappa shape index (κ2) is 9.34. The molecule has 2 aromatic carbocycles. The van der Waals surface area contributed by atoms with Crippen LogP contribution in [0.3, 0.4) is 0 Å². The number of halogens is 1. The molecule has 0 amide bonds. The average molecular weight is 379 g/mol. The van der Waals surface area contributed by atoms with E-state index >= 15 is 0 Å². The van der Waals surface area contributed by atoms with E-state index in [0.717, 1.165) is 12.0 Å². The number of aliphatic carboxylic acids is 1. The average Bonchev–Trinajstić information content (AvgIpc) is 2.64. The highest BCUT2D eigenvalue weighted by Gasteiger charge is 2.22. The Morgan fingerprint density at radius 1 is 1.15 bits per heavy atom. The monoisotopic (exact) mass is 378 g/mol. The summed E-state index contributed by atoms with van der Waals surface area (Å²) in [6.45, 7) is 2.53. The standard InChI is InChI=1S/C20H23ClO5/c1-4-9-26-19-17(21)11-13(12-18(19)25-3)10-16(20(22)23)14-5-7-15(24-2)8-6-14/h5-8,11-12,16H,4,9-10H2,1-3H3,(H,22,23). The van der Waals surface area contributed by atoms with Gasteiger partial charge < -0.3 is 19.3 Å². The predicted molar refractivity (Wildman–Crippen MR) is 101 cm³/mol. The summed E-state index contributed by atoms with van der Waals surface area (Å²) >= 11 is 6.33. The van der Waals surface area contributed by atoms with Crippen molar-refractivity contribution in [2.45, 2.75) is 25.7 Å². The van der Waals surface area contributed by atoms with Crippen molar-refractivity contribution >= 4 is 17.6 Å². The molecule has 140 valence electrons. The summed E-state index contributed by atoms with van der Waals surface area (Å²) in [5.41, 5.74) is 1.46. The van der Waals surface area contributed by atoms with Gasteiger partial charge in [0.05, 0.1) is 31.8 Å². The second-order valence-corrected chi connectivity index (χ2v) is 6.23. The van der Waals surface area contributed by atoms with Crippen LogP contribution in [0.25, 0.3) is 0 Å². The molecule has 6 heteroatoms. The third-order valence-corrected chi connectivity index (χ3v) is 4.28. The van der Waals surface area contributed by atoms with Crippen LogP contribution < -0.4 is 14.2 Å². The number of carbonyl (C=O) groups is 1. The van der Waals surface area contributed by atoms with Crippen LogP contribution in [0.5, 0.6) is 17.2 Å². The summed E-state index contributed by atoms with van der Waals surface area (Å²) in [6.07, 6.45) is 1.13. The Hall–Kier alpha value is -2.40. The fourth-order valence-electron chi connectivity index (χ4n) is 2.65. The van der Waals surface area contributed by atoms with E-state index in [1.54, 1.807) is 43.5 Å². The van der Waals surface area contributed by atoms with Gasteiger partial charge >= 0.3 is 5.97 Å². The Bertz CT molecular complexity index is 743. The summed E-state index contributed by atoms with van der Waals surface area (Å²) in [4.78, 5) is 11.8. The third kappa shape index (κ3) is 4.82. The van der Waals surface area contributed by atoms with Crippen LogP contribution in [0.15, 0.2) is 36.4 Å². The molecular weight excluding hydrogens is 356 g/mol. The number of benzene rings is 2. The number of ether oxygens (including phenoxy) is 3. The van der Waals surface area contributed by atoms with E-state index in [0.29, 0.717) is 34.4 Å². The number of hydrogen-bond acceptors (Lipinski definition) is 4. The summed E-state index contributed by atoms with van der Waals surface area (Å²) < 4.78 is 16.1. The van der Waals surface area contributed by atoms with Gasteiger partial charge in [-0.15, -0.1) is 0 Å². The fraction of sp³-hybridized carbons (Fsp3) is 0.350. The van der Waals surface area contributed by atoms with Crippen molar-refractivity contribution in [1.82, 2.24) is 0 Å². The molecular formula is C20H23ClO5. The lowest BCUT2D eigenvalue weighted by Gasteiger charge is -2.17. The van der Waals surface area contributed by atoms with Crippen molar-refractivity contribution in [3.8, 4) is 17.2 Å². The topological polar surface area (TPSA) is 65.0 Å². The van der Waals surface area contributed by atoms with E-state index in [1.165, 1.54) is 7.11 Å². The first-order valence-electron chi connectivity index (χ1n) is 8.36. The van der Waals surface area contributed by atoms with Crippen LogP contribution in [0, 0.1) is 0 Å². The zero-order valence-corrected chi connectivity index (χ0v) is 15.9. The molecule has 0 heterocycles. The Morgan fingerprint density at radius 3 is 2.38 bits per heavy atom. The maximum atomic E-state index is 11.8. The van der Waals surface area contributed by atoms with Crippen LogP contribution >= 0.6 is 11.6 Å². The summed E-state index contributed by atoms with van der Waals surface area (Å²) in [5, 5.41) is 10.1. The number of hydrogen-bond donors (Lipinski definition) is 1. The molecule has 26 heavy (non-hydrogen) atoms. The van der Waals surface area contributed by atoms with Crippen LogP contribution in [0.1, 0.15) is 30.4 Å². The lowest BCUT2D eigenvalue weighted by atomic mass is 9.92. The van der Waals surface area contributed by atoms with Crippen LogP contribution in [-0.2, 0) is 11.2 Å². The molecule has 0 aliphatic heterocycles. The van der Waals surface area contributed by atoms with Gasteiger partial charge in [-0.05, 0) is 48.2 Å². The highest BCUT2D eigenvalue weighted by molar-refractivity contribution is 6.32. The Morgan fingerprint density at radius 2 is 1.85 bits per heavy atom. The van der Waals surface area contributed by atoms with Gasteiger partial charge in [-0.2, -0.15) is 0 Å². The number of methoxy groups -OCH3 is 2. The zero-order chi connectivity index (χ0) is 19.1. The lowest BCUT2D eigenvalue weighted by molar-refractivity contribution is -0.138. The van der Waals surface area contributed by atoms with E-state index in [4.69, 9.17) is 25.8 Å². The van der Waals surface area contributed by atoms with E-state index < -0.39 is 11.9 Å². The minimum absolute atomic E-state index is 0.284. The molecule has 5 nitrogen and oxygen atoms in total. The van der Waals surface area contributed by atoms with Gasteiger partial charge in [-0.3, -0.25) is 4.79 Å². The molecule has 0 fully saturated rings. The van der Waals surface area contributed by atoms with E-state index in [9.17, 15) is 9.90 Å². The van der Waals surface area contributed by atoms with Crippen molar-refractivity contribution in [3.05, 3.63) is 52.5 Å². The van der Waals surface area contributed by atoms with Crippen molar-refractivity contribution in [1.29, 1.82) is 0 Å². The van der Waals surface area contributed by atoms with Crippen molar-refractivity contribution in [3.63, 3.8) is 0 Å². The number of carboxylic acid groups (broad SMARTS) is 1. The molecule has 0 spiro atoms. The van der Waals surface area contributed by atoms with Crippen molar-refractivity contribution in [2.24, 2.45) is 0 Å². The van der Waals surface area contributed by atoms with E-state index in [2.05, 4.69) is 0 Å². The number of carboxylic acids is 1. The molecule has 2 aromatic rings. The van der Waals surface area contributed by atoms with Crippen LogP contribution in [0.4, 0.5) is 0 Å². The zero-order valence-electron chi connectivity index (χ0n) is 15.1. The lowest BCUT2D eigenvalue weighted by Crippen LogP contribution is -2.14. The Labute approximate surface area is 158 Å². The SMILES string of the molecule is CCCOc1c(Cl)cc(CC(C(=O)O)c2ccc(OC)cc2)cc1OC. The molecule has 0 aliphatic carbocycles. The van der Waals surface area contributed by atoms with Gasteiger partial charge in [-0.1, -0.05) is 30.7 Å². The maximum absolute atomic E-state index is 11.8. The molecule has 0 saturated heterocycles. The molecule has 0 aliphatic rings. The van der Waals surface area contributed by atoms with Gasteiger partial charge in [0.1, 0.15) is 5.75 Å². The molecule has 2 rings (SSSR count). The first kappa shape index (κ1) is 19.9. The highest BCUT2D eigenvalue weighted by atomic mass is 35.5. The van der Waals surface area contributed by atoms with Crippen LogP contribution in [-0.4, -0.2) is 31.9 Å². The molecule has 0 bridgehead atoms. The molecule has 1 atom stereocenters. The highest BCUT2D eigenvalue weighted by Crippen LogP contribution is 2.38. The van der Waals surface area contributed by atoms with Gasteiger partial charge in [0.2, 0.25) is 0 Å². The maximum Gasteiger partial charge on any atom is 0.311 e. The third-order valence-electron chi connectivity index (χ3n) is 4.00. The minimum atomic E-state index is -0.906.